The van der Waals surface area contributed by atoms with Crippen LogP contribution in [0, 0.1) is 11.3 Å². The molecule has 1 amide bonds. The van der Waals surface area contributed by atoms with Crippen molar-refractivity contribution in [3.63, 3.8) is 0 Å². The zero-order valence-electron chi connectivity index (χ0n) is 19.4. The summed E-state index contributed by atoms with van der Waals surface area (Å²) in [6, 6.07) is 10.3. The number of hydrogen-bond acceptors (Lipinski definition) is 7. The predicted octanol–water partition coefficient (Wildman–Crippen LogP) is 0.685. The van der Waals surface area contributed by atoms with Gasteiger partial charge in [-0.15, -0.1) is 0 Å². The summed E-state index contributed by atoms with van der Waals surface area (Å²) in [5, 5.41) is 27.9. The van der Waals surface area contributed by atoms with E-state index in [1.807, 2.05) is 6.07 Å². The lowest BCUT2D eigenvalue weighted by molar-refractivity contribution is -0.119. The number of aliphatic hydroxyl groups is 1. The van der Waals surface area contributed by atoms with Gasteiger partial charge >= 0.3 is 0 Å². The van der Waals surface area contributed by atoms with Gasteiger partial charge in [-0.05, 0) is 49.8 Å². The molecule has 0 saturated heterocycles. The van der Waals surface area contributed by atoms with Crippen molar-refractivity contribution in [2.75, 3.05) is 33.7 Å². The number of carbonyl (C=O) groups is 1. The summed E-state index contributed by atoms with van der Waals surface area (Å²) in [5.41, 5.74) is 7.55. The molecule has 6 N–H and O–H groups in total. The molecule has 0 bridgehead atoms. The standard InChI is InChI=1S/C24H28N4O5/c1-24(2,13-29)28-23(30)16(12-25)8-14-6-7-18(26)17(9-14)21(27)15-10-19(31-3)22(33-5)20(11-15)32-4/h6-11,27,29H,13,26H2,1-5H3,(H,28,30)/p+1/b16-8+,27-21?. The van der Waals surface area contributed by atoms with Gasteiger partial charge in [0.25, 0.3) is 5.91 Å². The molecule has 0 atom stereocenters. The predicted molar refractivity (Wildman–Crippen MR) is 125 cm³/mol. The molecule has 0 fully saturated rings. The largest absolute Gasteiger partial charge is 0.493 e. The normalized spacial score (nSPS) is 11.4. The molecule has 0 saturated carbocycles. The van der Waals surface area contributed by atoms with Crippen LogP contribution in [0.15, 0.2) is 35.9 Å². The summed E-state index contributed by atoms with van der Waals surface area (Å²) in [6.07, 6.45) is 1.42. The first-order valence-electron chi connectivity index (χ1n) is 9.98. The number of carbonyl (C=O) groups excluding carboxylic acids is 1. The van der Waals surface area contributed by atoms with Gasteiger partial charge in [-0.2, -0.15) is 5.26 Å². The molecular weight excluding hydrogens is 424 g/mol. The second-order valence-corrected chi connectivity index (χ2v) is 7.84. The number of nitrogens with zero attached hydrogens (tertiary/aromatic N) is 1. The van der Waals surface area contributed by atoms with Crippen LogP contribution in [0.2, 0.25) is 0 Å². The molecule has 2 rings (SSSR count). The molecule has 2 aromatic rings. The molecule has 33 heavy (non-hydrogen) atoms. The van der Waals surface area contributed by atoms with Gasteiger partial charge in [0.15, 0.2) is 11.5 Å². The number of nitriles is 1. The summed E-state index contributed by atoms with van der Waals surface area (Å²) in [7, 11) is 4.51. The Balaban J connectivity index is 2.49. The van der Waals surface area contributed by atoms with Crippen LogP contribution in [0.5, 0.6) is 17.2 Å². The fraction of sp³-hybridized carbons (Fsp3) is 0.292. The zero-order chi connectivity index (χ0) is 24.8. The lowest BCUT2D eigenvalue weighted by atomic mass is 9.97. The molecule has 0 aromatic heterocycles. The van der Waals surface area contributed by atoms with Crippen molar-refractivity contribution in [3.8, 4) is 23.3 Å². The van der Waals surface area contributed by atoms with Crippen molar-refractivity contribution in [2.24, 2.45) is 0 Å². The zero-order valence-corrected chi connectivity index (χ0v) is 19.4. The number of methoxy groups -OCH3 is 3. The molecule has 0 heterocycles. The minimum absolute atomic E-state index is 0.126. The molecule has 9 nitrogen and oxygen atoms in total. The number of benzene rings is 2. The van der Waals surface area contributed by atoms with Crippen molar-refractivity contribution in [2.45, 2.75) is 19.4 Å². The molecule has 0 spiro atoms. The van der Waals surface area contributed by atoms with Crippen LogP contribution in [0.4, 0.5) is 5.69 Å². The maximum atomic E-state index is 12.5. The third-order valence-corrected chi connectivity index (χ3v) is 4.87. The number of hydrogen-bond donors (Lipinski definition) is 4. The minimum Gasteiger partial charge on any atom is -0.493 e. The Bertz CT molecular complexity index is 1110. The van der Waals surface area contributed by atoms with Gasteiger partial charge in [-0.25, -0.2) is 0 Å². The summed E-state index contributed by atoms with van der Waals surface area (Å²) < 4.78 is 16.1. The fourth-order valence-corrected chi connectivity index (χ4v) is 3.02. The van der Waals surface area contributed by atoms with Gasteiger partial charge in [0.05, 0.1) is 44.6 Å². The monoisotopic (exact) mass is 453 g/mol. The SMILES string of the molecule is COc1cc(C(=[NH2+])c2cc(/C=C(\C#N)C(=O)NC(C)(C)CO)ccc2N)cc(OC)c1OC. The highest BCUT2D eigenvalue weighted by Gasteiger charge is 2.23. The second kappa shape index (κ2) is 10.5. The van der Waals surface area contributed by atoms with Crippen molar-refractivity contribution < 1.29 is 29.5 Å². The van der Waals surface area contributed by atoms with E-state index in [2.05, 4.69) is 5.32 Å². The van der Waals surface area contributed by atoms with Crippen molar-refractivity contribution >= 4 is 23.4 Å². The summed E-state index contributed by atoms with van der Waals surface area (Å²) in [5.74, 6) is 0.687. The molecule has 2 aromatic carbocycles. The highest BCUT2D eigenvalue weighted by Crippen LogP contribution is 2.38. The van der Waals surface area contributed by atoms with E-state index < -0.39 is 11.4 Å². The topological polar surface area (TPSA) is 152 Å². The molecule has 0 radical (unpaired) electrons. The second-order valence-electron chi connectivity index (χ2n) is 7.84. The molecule has 9 heteroatoms. The van der Waals surface area contributed by atoms with E-state index >= 15 is 0 Å². The van der Waals surface area contributed by atoms with Crippen LogP contribution in [0.25, 0.3) is 6.08 Å². The van der Waals surface area contributed by atoms with E-state index in [0.29, 0.717) is 45.3 Å². The average Bonchev–Trinajstić information content (AvgIpc) is 2.81. The van der Waals surface area contributed by atoms with Crippen LogP contribution >= 0.6 is 0 Å². The smallest absolute Gasteiger partial charge is 0.262 e. The summed E-state index contributed by atoms with van der Waals surface area (Å²) >= 11 is 0. The molecule has 0 aliphatic rings. The van der Waals surface area contributed by atoms with E-state index in [9.17, 15) is 15.2 Å². The Morgan fingerprint density at radius 3 is 2.27 bits per heavy atom. The van der Waals surface area contributed by atoms with Gasteiger partial charge in [0.1, 0.15) is 11.6 Å². The molecule has 0 aliphatic carbocycles. The maximum Gasteiger partial charge on any atom is 0.262 e. The van der Waals surface area contributed by atoms with Crippen LogP contribution in [-0.2, 0) is 4.79 Å². The number of ether oxygens (including phenoxy) is 3. The number of nitrogens with two attached hydrogens (primary N) is 2. The van der Waals surface area contributed by atoms with Crippen molar-refractivity contribution in [1.82, 2.24) is 5.32 Å². The number of nitrogens with one attached hydrogen (secondary N) is 1. The number of nitrogen functional groups attached to an aromatic ring is 1. The van der Waals surface area contributed by atoms with Gasteiger partial charge in [0.2, 0.25) is 11.5 Å². The van der Waals surface area contributed by atoms with Crippen molar-refractivity contribution in [1.29, 1.82) is 5.26 Å². The average molecular weight is 454 g/mol. The van der Waals surface area contributed by atoms with Crippen LogP contribution < -0.4 is 30.7 Å². The highest BCUT2D eigenvalue weighted by molar-refractivity contribution is 6.13. The van der Waals surface area contributed by atoms with Gasteiger partial charge in [-0.1, -0.05) is 6.07 Å². The first-order valence-corrected chi connectivity index (χ1v) is 9.98. The third-order valence-electron chi connectivity index (χ3n) is 4.87. The highest BCUT2D eigenvalue weighted by atomic mass is 16.5. The minimum atomic E-state index is -0.871. The number of aliphatic hydroxyl groups excluding tert-OH is 1. The molecule has 0 aliphatic heterocycles. The number of rotatable bonds is 9. The lowest BCUT2D eigenvalue weighted by Crippen LogP contribution is -2.46. The van der Waals surface area contributed by atoms with E-state index in [0.717, 1.165) is 0 Å². The molecule has 0 unspecified atom stereocenters. The van der Waals surface area contributed by atoms with Gasteiger partial charge in [0, 0.05) is 5.69 Å². The van der Waals surface area contributed by atoms with Crippen molar-refractivity contribution in [3.05, 3.63) is 52.6 Å². The Morgan fingerprint density at radius 2 is 1.79 bits per heavy atom. The molecule has 174 valence electrons. The van der Waals surface area contributed by atoms with Crippen LogP contribution in [0.1, 0.15) is 30.5 Å². The first kappa shape index (κ1) is 25.2. The molecular formula is C24H29N4O5+. The Hall–Kier alpha value is -4.03. The van der Waals surface area contributed by atoms with E-state index in [-0.39, 0.29) is 12.2 Å². The Labute approximate surface area is 192 Å². The van der Waals surface area contributed by atoms with Crippen LogP contribution in [-0.4, -0.2) is 50.2 Å². The van der Waals surface area contributed by atoms with E-state index in [1.54, 1.807) is 44.2 Å². The Morgan fingerprint density at radius 1 is 1.18 bits per heavy atom. The fourth-order valence-electron chi connectivity index (χ4n) is 3.02. The third kappa shape index (κ3) is 5.81. The quantitative estimate of drug-likeness (QED) is 0.189. The summed E-state index contributed by atoms with van der Waals surface area (Å²) in [4.78, 5) is 12.5. The number of amides is 1. The summed E-state index contributed by atoms with van der Waals surface area (Å²) in [6.45, 7) is 3.02. The van der Waals surface area contributed by atoms with E-state index in [4.69, 9.17) is 25.4 Å². The Kier molecular flexibility index (Phi) is 8.05. The van der Waals surface area contributed by atoms with Crippen LogP contribution in [0.3, 0.4) is 0 Å². The van der Waals surface area contributed by atoms with Gasteiger partial charge in [-0.3, -0.25) is 10.2 Å². The number of anilines is 1. The van der Waals surface area contributed by atoms with E-state index in [1.165, 1.54) is 27.4 Å². The van der Waals surface area contributed by atoms with Gasteiger partial charge < -0.3 is 30.4 Å². The first-order chi connectivity index (χ1) is 15.6. The maximum absolute atomic E-state index is 12.5. The lowest BCUT2D eigenvalue weighted by Gasteiger charge is -2.23.